The van der Waals surface area contributed by atoms with Crippen LogP contribution in [-0.2, 0) is 19.5 Å². The maximum absolute atomic E-state index is 4.13. The van der Waals surface area contributed by atoms with Gasteiger partial charge in [0.05, 0.1) is 0 Å². The van der Waals surface area contributed by atoms with E-state index in [1.807, 2.05) is 18.5 Å². The highest BCUT2D eigenvalue weighted by atomic mass is 14.9. The number of aryl methyl sites for hydroxylation is 2. The Labute approximate surface area is 109 Å². The predicted molar refractivity (Wildman–Crippen MR) is 74.4 cm³/mol. The number of nitrogens with one attached hydrogen (secondary N) is 1. The summed E-state index contributed by atoms with van der Waals surface area (Å²) in [5, 5.41) is 3.42. The molecule has 0 atom stereocenters. The third-order valence-corrected chi connectivity index (χ3v) is 2.95. The molecule has 0 unspecified atom stereocenters. The highest BCUT2D eigenvalue weighted by Crippen LogP contribution is 2.04. The molecule has 2 heterocycles. The highest BCUT2D eigenvalue weighted by Gasteiger charge is 1.97. The SMILES string of the molecule is CCCNCc1ccn(CCc2cccnc2)c1. The van der Waals surface area contributed by atoms with Crippen molar-refractivity contribution in [2.24, 2.45) is 0 Å². The van der Waals surface area contributed by atoms with Gasteiger partial charge in [-0.25, -0.2) is 0 Å². The van der Waals surface area contributed by atoms with Crippen molar-refractivity contribution in [3.63, 3.8) is 0 Å². The van der Waals surface area contributed by atoms with Crippen molar-refractivity contribution in [2.45, 2.75) is 32.9 Å². The zero-order valence-electron chi connectivity index (χ0n) is 11.0. The van der Waals surface area contributed by atoms with Crippen LogP contribution in [0.3, 0.4) is 0 Å². The Bertz CT molecular complexity index is 448. The Hall–Kier alpha value is -1.61. The van der Waals surface area contributed by atoms with E-state index in [1.54, 1.807) is 0 Å². The van der Waals surface area contributed by atoms with Gasteiger partial charge in [-0.1, -0.05) is 13.0 Å². The maximum Gasteiger partial charge on any atom is 0.0300 e. The van der Waals surface area contributed by atoms with Crippen molar-refractivity contribution in [2.75, 3.05) is 6.54 Å². The van der Waals surface area contributed by atoms with Gasteiger partial charge in [0.25, 0.3) is 0 Å². The Balaban J connectivity index is 1.80. The van der Waals surface area contributed by atoms with Crippen molar-refractivity contribution < 1.29 is 0 Å². The molecule has 2 rings (SSSR count). The fraction of sp³-hybridized carbons (Fsp3) is 0.400. The van der Waals surface area contributed by atoms with E-state index in [4.69, 9.17) is 0 Å². The minimum Gasteiger partial charge on any atom is -0.354 e. The molecule has 1 N–H and O–H groups in total. The molecule has 0 saturated carbocycles. The molecule has 0 bridgehead atoms. The summed E-state index contributed by atoms with van der Waals surface area (Å²) in [5.41, 5.74) is 2.64. The molecule has 0 fully saturated rings. The number of pyridine rings is 1. The summed E-state index contributed by atoms with van der Waals surface area (Å²) in [4.78, 5) is 4.13. The lowest BCUT2D eigenvalue weighted by Crippen LogP contribution is -2.13. The second-order valence-corrected chi connectivity index (χ2v) is 4.55. The molecule has 3 heteroatoms. The third kappa shape index (κ3) is 4.00. The molecule has 0 amide bonds. The van der Waals surface area contributed by atoms with Gasteiger partial charge in [-0.05, 0) is 42.6 Å². The molecule has 0 aliphatic heterocycles. The second kappa shape index (κ2) is 6.97. The van der Waals surface area contributed by atoms with Crippen LogP contribution in [0.25, 0.3) is 0 Å². The zero-order valence-corrected chi connectivity index (χ0v) is 11.0. The van der Waals surface area contributed by atoms with Gasteiger partial charge in [-0.3, -0.25) is 4.98 Å². The Morgan fingerprint density at radius 2 is 2.22 bits per heavy atom. The van der Waals surface area contributed by atoms with Crippen LogP contribution in [0.4, 0.5) is 0 Å². The number of hydrogen-bond donors (Lipinski definition) is 1. The Morgan fingerprint density at radius 1 is 1.28 bits per heavy atom. The molecule has 96 valence electrons. The Morgan fingerprint density at radius 3 is 3.00 bits per heavy atom. The first-order chi connectivity index (χ1) is 8.88. The molecular formula is C15H21N3. The number of rotatable bonds is 7. The fourth-order valence-corrected chi connectivity index (χ4v) is 1.95. The first-order valence-corrected chi connectivity index (χ1v) is 6.63. The van der Waals surface area contributed by atoms with E-state index < -0.39 is 0 Å². The smallest absolute Gasteiger partial charge is 0.0300 e. The molecule has 0 spiro atoms. The fourth-order valence-electron chi connectivity index (χ4n) is 1.95. The summed E-state index contributed by atoms with van der Waals surface area (Å²) in [6.07, 6.45) is 10.3. The number of aromatic nitrogens is 2. The summed E-state index contributed by atoms with van der Waals surface area (Å²) in [6.45, 7) is 5.25. The minimum atomic E-state index is 0.966. The maximum atomic E-state index is 4.13. The van der Waals surface area contributed by atoms with Gasteiger partial charge in [0, 0.05) is 37.9 Å². The molecular weight excluding hydrogens is 222 g/mol. The summed E-state index contributed by atoms with van der Waals surface area (Å²) in [7, 11) is 0. The van der Waals surface area contributed by atoms with Crippen molar-refractivity contribution in [3.05, 3.63) is 54.1 Å². The zero-order chi connectivity index (χ0) is 12.6. The van der Waals surface area contributed by atoms with Gasteiger partial charge in [0.2, 0.25) is 0 Å². The second-order valence-electron chi connectivity index (χ2n) is 4.55. The summed E-state index contributed by atoms with van der Waals surface area (Å²) in [5.74, 6) is 0. The van der Waals surface area contributed by atoms with Gasteiger partial charge in [-0.15, -0.1) is 0 Å². The standard InChI is InChI=1S/C15H21N3/c1-2-7-16-12-15-6-10-18(13-15)9-5-14-4-3-8-17-11-14/h3-4,6,8,10-11,13,16H,2,5,7,9,12H2,1H3. The van der Waals surface area contributed by atoms with Crippen molar-refractivity contribution in [3.8, 4) is 0 Å². The Kier molecular flexibility index (Phi) is 4.97. The van der Waals surface area contributed by atoms with E-state index in [2.05, 4.69) is 46.3 Å². The molecule has 0 saturated heterocycles. The van der Waals surface area contributed by atoms with Gasteiger partial charge in [-0.2, -0.15) is 0 Å². The van der Waals surface area contributed by atoms with Crippen LogP contribution in [0.1, 0.15) is 24.5 Å². The third-order valence-electron chi connectivity index (χ3n) is 2.95. The van der Waals surface area contributed by atoms with Crippen LogP contribution in [0, 0.1) is 0 Å². The van der Waals surface area contributed by atoms with E-state index >= 15 is 0 Å². The molecule has 3 nitrogen and oxygen atoms in total. The molecule has 0 aromatic carbocycles. The van der Waals surface area contributed by atoms with E-state index in [1.165, 1.54) is 17.5 Å². The molecule has 2 aromatic heterocycles. The van der Waals surface area contributed by atoms with Crippen LogP contribution >= 0.6 is 0 Å². The molecule has 0 aliphatic rings. The summed E-state index contributed by atoms with van der Waals surface area (Å²) < 4.78 is 2.25. The van der Waals surface area contributed by atoms with Crippen LogP contribution in [-0.4, -0.2) is 16.1 Å². The largest absolute Gasteiger partial charge is 0.354 e. The normalized spacial score (nSPS) is 10.7. The van der Waals surface area contributed by atoms with E-state index in [0.717, 1.165) is 26.1 Å². The molecule has 0 radical (unpaired) electrons. The average molecular weight is 243 g/mol. The topological polar surface area (TPSA) is 29.9 Å². The summed E-state index contributed by atoms with van der Waals surface area (Å²) >= 11 is 0. The van der Waals surface area contributed by atoms with Crippen LogP contribution in [0.15, 0.2) is 43.0 Å². The van der Waals surface area contributed by atoms with Gasteiger partial charge in [0.15, 0.2) is 0 Å². The van der Waals surface area contributed by atoms with Crippen LogP contribution < -0.4 is 5.32 Å². The van der Waals surface area contributed by atoms with E-state index in [9.17, 15) is 0 Å². The van der Waals surface area contributed by atoms with Gasteiger partial charge >= 0.3 is 0 Å². The number of nitrogens with zero attached hydrogens (tertiary/aromatic N) is 2. The summed E-state index contributed by atoms with van der Waals surface area (Å²) in [6, 6.07) is 6.30. The lowest BCUT2D eigenvalue weighted by molar-refractivity contribution is 0.666. The predicted octanol–water partition coefficient (Wildman–Crippen LogP) is 2.63. The number of hydrogen-bond acceptors (Lipinski definition) is 2. The highest BCUT2D eigenvalue weighted by molar-refractivity contribution is 5.12. The lowest BCUT2D eigenvalue weighted by Gasteiger charge is -2.03. The quantitative estimate of drug-likeness (QED) is 0.758. The van der Waals surface area contributed by atoms with Crippen molar-refractivity contribution >= 4 is 0 Å². The van der Waals surface area contributed by atoms with E-state index in [0.29, 0.717) is 0 Å². The first-order valence-electron chi connectivity index (χ1n) is 6.63. The van der Waals surface area contributed by atoms with Crippen LogP contribution in [0.5, 0.6) is 0 Å². The molecule has 0 aliphatic carbocycles. The minimum absolute atomic E-state index is 0.966. The van der Waals surface area contributed by atoms with Gasteiger partial charge < -0.3 is 9.88 Å². The monoisotopic (exact) mass is 243 g/mol. The molecule has 18 heavy (non-hydrogen) atoms. The van der Waals surface area contributed by atoms with Crippen molar-refractivity contribution in [1.29, 1.82) is 0 Å². The van der Waals surface area contributed by atoms with Crippen molar-refractivity contribution in [1.82, 2.24) is 14.9 Å². The first kappa shape index (κ1) is 12.8. The average Bonchev–Trinajstić information content (AvgIpc) is 2.86. The van der Waals surface area contributed by atoms with Gasteiger partial charge in [0.1, 0.15) is 0 Å². The molecule has 2 aromatic rings. The lowest BCUT2D eigenvalue weighted by atomic mass is 10.2. The van der Waals surface area contributed by atoms with Crippen LogP contribution in [0.2, 0.25) is 0 Å². The van der Waals surface area contributed by atoms with E-state index in [-0.39, 0.29) is 0 Å².